The Bertz CT molecular complexity index is 362. The van der Waals surface area contributed by atoms with Gasteiger partial charge in [-0.25, -0.2) is 0 Å². The summed E-state index contributed by atoms with van der Waals surface area (Å²) in [7, 11) is 0. The molecule has 1 aromatic carbocycles. The Hall–Kier alpha value is -1.35. The molecule has 126 valence electrons. The number of ether oxygens (including phenoxy) is 2. The smallest absolute Gasteiger partial charge is 0.302 e. The van der Waals surface area contributed by atoms with Crippen LogP contribution in [-0.4, -0.2) is 18.7 Å². The number of esters is 1. The van der Waals surface area contributed by atoms with E-state index in [1.165, 1.54) is 12.5 Å². The van der Waals surface area contributed by atoms with Crippen molar-refractivity contribution in [2.45, 2.75) is 72.5 Å². The number of benzene rings is 1. The van der Waals surface area contributed by atoms with Crippen LogP contribution in [0, 0.1) is 0 Å². The van der Waals surface area contributed by atoms with Crippen molar-refractivity contribution < 1.29 is 14.3 Å². The third kappa shape index (κ3) is 11.3. The molecule has 0 aromatic heterocycles. The summed E-state index contributed by atoms with van der Waals surface area (Å²) in [5.41, 5.74) is 1.20. The minimum absolute atomic E-state index is 0.0756. The lowest BCUT2D eigenvalue weighted by Crippen LogP contribution is -2.16. The van der Waals surface area contributed by atoms with E-state index >= 15 is 0 Å². The van der Waals surface area contributed by atoms with Gasteiger partial charge in [0.25, 0.3) is 0 Å². The van der Waals surface area contributed by atoms with Crippen molar-refractivity contribution in [3.05, 3.63) is 35.9 Å². The monoisotopic (exact) mass is 308 g/mol. The van der Waals surface area contributed by atoms with Gasteiger partial charge in [0.1, 0.15) is 6.10 Å². The molecule has 1 atom stereocenters. The van der Waals surface area contributed by atoms with E-state index in [4.69, 9.17) is 9.47 Å². The van der Waals surface area contributed by atoms with Gasteiger partial charge in [-0.2, -0.15) is 0 Å². The zero-order valence-corrected chi connectivity index (χ0v) is 14.6. The number of hydrogen-bond donors (Lipinski definition) is 0. The molecule has 0 heterocycles. The highest BCUT2D eigenvalue weighted by atomic mass is 16.5. The summed E-state index contributed by atoms with van der Waals surface area (Å²) in [4.78, 5) is 11.0. The first-order chi connectivity index (χ1) is 10.7. The molecular weight excluding hydrogens is 276 g/mol. The maximum atomic E-state index is 11.0. The van der Waals surface area contributed by atoms with Gasteiger partial charge in [0, 0.05) is 13.5 Å². The number of hydrogen-bond acceptors (Lipinski definition) is 3. The van der Waals surface area contributed by atoms with Gasteiger partial charge in [-0.1, -0.05) is 57.5 Å². The topological polar surface area (TPSA) is 35.5 Å². The normalized spacial score (nSPS) is 11.3. The van der Waals surface area contributed by atoms with Crippen molar-refractivity contribution in [1.82, 2.24) is 0 Å². The highest BCUT2D eigenvalue weighted by Gasteiger charge is 2.10. The minimum atomic E-state index is -0.177. The Labute approximate surface area is 136 Å². The molecule has 22 heavy (non-hydrogen) atoms. The zero-order chi connectivity index (χ0) is 16.6. The fourth-order valence-electron chi connectivity index (χ4n) is 2.16. The van der Waals surface area contributed by atoms with Crippen LogP contribution in [0.1, 0.15) is 65.4 Å². The summed E-state index contributed by atoms with van der Waals surface area (Å²) < 4.78 is 10.9. The fourth-order valence-corrected chi connectivity index (χ4v) is 2.16. The molecule has 0 aliphatic rings. The van der Waals surface area contributed by atoms with E-state index in [0.29, 0.717) is 6.61 Å². The van der Waals surface area contributed by atoms with Crippen LogP contribution in [0.15, 0.2) is 30.3 Å². The van der Waals surface area contributed by atoms with Crippen LogP contribution in [-0.2, 0) is 20.9 Å². The summed E-state index contributed by atoms with van der Waals surface area (Å²) in [6.45, 7) is 9.02. The second-order valence-electron chi connectivity index (χ2n) is 5.05. The first-order valence-electron chi connectivity index (χ1n) is 8.51. The molecule has 3 nitrogen and oxygen atoms in total. The van der Waals surface area contributed by atoms with E-state index < -0.39 is 0 Å². The molecule has 0 saturated heterocycles. The van der Waals surface area contributed by atoms with Crippen LogP contribution in [0.4, 0.5) is 0 Å². The fraction of sp³-hybridized carbons (Fsp3) is 0.632. The van der Waals surface area contributed by atoms with Crippen molar-refractivity contribution >= 4 is 5.97 Å². The van der Waals surface area contributed by atoms with Crippen molar-refractivity contribution in [3.63, 3.8) is 0 Å². The Morgan fingerprint density at radius 2 is 1.77 bits per heavy atom. The van der Waals surface area contributed by atoms with E-state index in [9.17, 15) is 4.79 Å². The number of rotatable bonds is 10. The molecule has 1 aromatic rings. The van der Waals surface area contributed by atoms with E-state index in [1.807, 2.05) is 32.0 Å². The van der Waals surface area contributed by atoms with Crippen molar-refractivity contribution in [2.75, 3.05) is 6.61 Å². The lowest BCUT2D eigenvalue weighted by atomic mass is 10.1. The van der Waals surface area contributed by atoms with E-state index in [-0.39, 0.29) is 12.1 Å². The molecule has 0 bridgehead atoms. The summed E-state index contributed by atoms with van der Waals surface area (Å²) in [6.07, 6.45) is 5.04. The Kier molecular flexibility index (Phi) is 13.7. The molecule has 3 heteroatoms. The molecule has 0 fully saturated rings. The van der Waals surface area contributed by atoms with Gasteiger partial charge in [0.15, 0.2) is 0 Å². The molecule has 0 aliphatic carbocycles. The van der Waals surface area contributed by atoms with Crippen LogP contribution < -0.4 is 0 Å². The largest absolute Gasteiger partial charge is 0.463 e. The Morgan fingerprint density at radius 3 is 2.36 bits per heavy atom. The molecule has 0 amide bonds. The summed E-state index contributed by atoms with van der Waals surface area (Å²) >= 11 is 0. The maximum absolute atomic E-state index is 11.0. The minimum Gasteiger partial charge on any atom is -0.463 e. The SMILES string of the molecule is CC.CCCC(CCCCOCc1ccccc1)OC(C)=O. The van der Waals surface area contributed by atoms with E-state index in [2.05, 4.69) is 19.1 Å². The average molecular weight is 308 g/mol. The van der Waals surface area contributed by atoms with Gasteiger partial charge >= 0.3 is 5.97 Å². The highest BCUT2D eigenvalue weighted by molar-refractivity contribution is 5.66. The summed E-state index contributed by atoms with van der Waals surface area (Å²) in [5, 5.41) is 0. The third-order valence-corrected chi connectivity index (χ3v) is 3.12. The van der Waals surface area contributed by atoms with Crippen LogP contribution >= 0.6 is 0 Å². The lowest BCUT2D eigenvalue weighted by molar-refractivity contribution is -0.147. The van der Waals surface area contributed by atoms with Crippen LogP contribution in [0.25, 0.3) is 0 Å². The predicted molar refractivity (Wildman–Crippen MR) is 91.8 cm³/mol. The molecular formula is C19H32O3. The molecule has 0 saturated carbocycles. The third-order valence-electron chi connectivity index (χ3n) is 3.12. The lowest BCUT2D eigenvalue weighted by Gasteiger charge is -2.16. The maximum Gasteiger partial charge on any atom is 0.302 e. The molecule has 0 spiro atoms. The molecule has 1 unspecified atom stereocenters. The predicted octanol–water partition coefficient (Wildman–Crippen LogP) is 5.13. The van der Waals surface area contributed by atoms with E-state index in [0.717, 1.165) is 38.7 Å². The standard InChI is InChI=1S/C17H26O3.C2H6/c1-3-9-17(20-15(2)18)12-7-8-13-19-14-16-10-5-4-6-11-16;1-2/h4-6,10-11,17H,3,7-9,12-14H2,1-2H3;1-2H3. The van der Waals surface area contributed by atoms with Crippen molar-refractivity contribution in [3.8, 4) is 0 Å². The van der Waals surface area contributed by atoms with Crippen LogP contribution in [0.3, 0.4) is 0 Å². The zero-order valence-electron chi connectivity index (χ0n) is 14.6. The summed E-state index contributed by atoms with van der Waals surface area (Å²) in [5.74, 6) is -0.177. The van der Waals surface area contributed by atoms with Gasteiger partial charge in [0.2, 0.25) is 0 Å². The van der Waals surface area contributed by atoms with Crippen molar-refractivity contribution in [1.29, 1.82) is 0 Å². The van der Waals surface area contributed by atoms with Crippen LogP contribution in [0.2, 0.25) is 0 Å². The second-order valence-corrected chi connectivity index (χ2v) is 5.05. The van der Waals surface area contributed by atoms with Crippen LogP contribution in [0.5, 0.6) is 0 Å². The van der Waals surface area contributed by atoms with Gasteiger partial charge in [-0.3, -0.25) is 4.79 Å². The molecule has 1 rings (SSSR count). The molecule has 0 aliphatic heterocycles. The van der Waals surface area contributed by atoms with Gasteiger partial charge in [0.05, 0.1) is 6.61 Å². The first kappa shape index (κ1) is 20.6. The van der Waals surface area contributed by atoms with Crippen molar-refractivity contribution in [2.24, 2.45) is 0 Å². The highest BCUT2D eigenvalue weighted by Crippen LogP contribution is 2.12. The number of carbonyl (C=O) groups excluding carboxylic acids is 1. The van der Waals surface area contributed by atoms with E-state index in [1.54, 1.807) is 0 Å². The first-order valence-corrected chi connectivity index (χ1v) is 8.51. The average Bonchev–Trinajstić information content (AvgIpc) is 2.53. The van der Waals surface area contributed by atoms with Gasteiger partial charge < -0.3 is 9.47 Å². The molecule has 0 radical (unpaired) electrons. The molecule has 0 N–H and O–H groups in total. The number of unbranched alkanes of at least 4 members (excludes halogenated alkanes) is 1. The number of carbonyl (C=O) groups is 1. The van der Waals surface area contributed by atoms with Gasteiger partial charge in [-0.15, -0.1) is 0 Å². The van der Waals surface area contributed by atoms with Gasteiger partial charge in [-0.05, 0) is 31.2 Å². The summed E-state index contributed by atoms with van der Waals surface area (Å²) in [6, 6.07) is 10.2. The Balaban J connectivity index is 0.00000211. The quantitative estimate of drug-likeness (QED) is 0.444. The second kappa shape index (κ2) is 14.6. The Morgan fingerprint density at radius 1 is 1.09 bits per heavy atom.